The van der Waals surface area contributed by atoms with E-state index in [9.17, 15) is 13.2 Å². The fraction of sp³-hybridized carbons (Fsp3) is 0.381. The number of sulfonamides is 1. The van der Waals surface area contributed by atoms with E-state index >= 15 is 0 Å². The normalized spacial score (nSPS) is 14.6. The number of piperazine rings is 1. The molecule has 7 nitrogen and oxygen atoms in total. The van der Waals surface area contributed by atoms with Crippen molar-refractivity contribution in [1.82, 2.24) is 4.90 Å². The van der Waals surface area contributed by atoms with Crippen LogP contribution in [0.2, 0.25) is 0 Å². The number of para-hydroxylation sites is 2. The van der Waals surface area contributed by atoms with Crippen LogP contribution in [0.15, 0.2) is 48.5 Å². The number of benzene rings is 2. The van der Waals surface area contributed by atoms with Gasteiger partial charge in [0.15, 0.2) is 0 Å². The van der Waals surface area contributed by atoms with Crippen LogP contribution in [0, 0.1) is 6.92 Å². The lowest BCUT2D eigenvalue weighted by molar-refractivity contribution is -0.129. The summed E-state index contributed by atoms with van der Waals surface area (Å²) in [7, 11) is -1.93. The van der Waals surface area contributed by atoms with Crippen LogP contribution in [0.1, 0.15) is 5.56 Å². The highest BCUT2D eigenvalue weighted by molar-refractivity contribution is 7.92. The van der Waals surface area contributed by atoms with Crippen molar-refractivity contribution in [1.29, 1.82) is 0 Å². The van der Waals surface area contributed by atoms with Gasteiger partial charge in [-0.15, -0.1) is 0 Å². The van der Waals surface area contributed by atoms with E-state index in [-0.39, 0.29) is 12.5 Å². The summed E-state index contributed by atoms with van der Waals surface area (Å²) >= 11 is 0. The van der Waals surface area contributed by atoms with Crippen LogP contribution in [0.4, 0.5) is 11.4 Å². The van der Waals surface area contributed by atoms with Gasteiger partial charge in [0.05, 0.1) is 24.7 Å². The molecule has 1 amide bonds. The molecule has 0 aromatic heterocycles. The van der Waals surface area contributed by atoms with E-state index in [0.717, 1.165) is 23.3 Å². The standard InChI is InChI=1S/C21H27N3O4S/c1-17-7-6-8-18(15-17)24(29(3,26)27)16-21(25)23-13-11-22(12-14-23)19-9-4-5-10-20(19)28-2/h4-10,15H,11-14,16H2,1-3H3. The third-order valence-electron chi connectivity index (χ3n) is 5.03. The molecule has 0 bridgehead atoms. The summed E-state index contributed by atoms with van der Waals surface area (Å²) in [5, 5.41) is 0. The van der Waals surface area contributed by atoms with Crippen molar-refractivity contribution < 1.29 is 17.9 Å². The van der Waals surface area contributed by atoms with Gasteiger partial charge in [-0.1, -0.05) is 24.3 Å². The number of amides is 1. The highest BCUT2D eigenvalue weighted by Gasteiger charge is 2.27. The molecule has 0 aliphatic carbocycles. The largest absolute Gasteiger partial charge is 0.495 e. The van der Waals surface area contributed by atoms with Gasteiger partial charge >= 0.3 is 0 Å². The van der Waals surface area contributed by atoms with Gasteiger partial charge in [-0.2, -0.15) is 0 Å². The first-order valence-electron chi connectivity index (χ1n) is 9.49. The average Bonchev–Trinajstić information content (AvgIpc) is 2.71. The van der Waals surface area contributed by atoms with Crippen molar-refractivity contribution in [3.05, 3.63) is 54.1 Å². The molecule has 156 valence electrons. The summed E-state index contributed by atoms with van der Waals surface area (Å²) in [6, 6.07) is 15.0. The minimum atomic E-state index is -3.57. The SMILES string of the molecule is COc1ccccc1N1CCN(C(=O)CN(c2cccc(C)c2)S(C)(=O)=O)CC1. The van der Waals surface area contributed by atoms with E-state index in [1.807, 2.05) is 37.3 Å². The molecule has 0 N–H and O–H groups in total. The first kappa shape index (κ1) is 21.0. The van der Waals surface area contributed by atoms with Crippen molar-refractivity contribution in [2.24, 2.45) is 0 Å². The van der Waals surface area contributed by atoms with Gasteiger partial charge in [0.25, 0.3) is 0 Å². The Labute approximate surface area is 172 Å². The number of hydrogen-bond donors (Lipinski definition) is 0. The number of carbonyl (C=O) groups excluding carboxylic acids is 1. The lowest BCUT2D eigenvalue weighted by Gasteiger charge is -2.37. The Morgan fingerprint density at radius 3 is 2.38 bits per heavy atom. The van der Waals surface area contributed by atoms with E-state index in [1.165, 1.54) is 4.31 Å². The second-order valence-electron chi connectivity index (χ2n) is 7.15. The van der Waals surface area contributed by atoms with Crippen molar-refractivity contribution >= 4 is 27.3 Å². The fourth-order valence-electron chi connectivity index (χ4n) is 3.49. The van der Waals surface area contributed by atoms with Crippen molar-refractivity contribution in [2.45, 2.75) is 6.92 Å². The minimum absolute atomic E-state index is 0.197. The van der Waals surface area contributed by atoms with Crippen LogP contribution in [0.5, 0.6) is 5.75 Å². The Bertz CT molecular complexity index is 969. The van der Waals surface area contributed by atoms with E-state index in [0.29, 0.717) is 31.9 Å². The molecule has 1 aliphatic heterocycles. The zero-order chi connectivity index (χ0) is 21.0. The molecule has 3 rings (SSSR count). The quantitative estimate of drug-likeness (QED) is 0.720. The molecule has 0 atom stereocenters. The number of anilines is 2. The highest BCUT2D eigenvalue weighted by Crippen LogP contribution is 2.28. The van der Waals surface area contributed by atoms with Crippen LogP contribution in [0.3, 0.4) is 0 Å². The zero-order valence-electron chi connectivity index (χ0n) is 17.0. The van der Waals surface area contributed by atoms with Crippen molar-refractivity contribution in [3.8, 4) is 5.75 Å². The van der Waals surface area contributed by atoms with Gasteiger partial charge in [0.2, 0.25) is 15.9 Å². The van der Waals surface area contributed by atoms with Crippen LogP contribution in [-0.2, 0) is 14.8 Å². The Kier molecular flexibility index (Phi) is 6.32. The number of ether oxygens (including phenoxy) is 1. The third-order valence-corrected chi connectivity index (χ3v) is 6.17. The molecule has 0 unspecified atom stereocenters. The van der Waals surface area contributed by atoms with Crippen molar-refractivity contribution in [2.75, 3.05) is 55.3 Å². The van der Waals surface area contributed by atoms with E-state index in [1.54, 1.807) is 30.2 Å². The van der Waals surface area contributed by atoms with Gasteiger partial charge in [0.1, 0.15) is 12.3 Å². The number of rotatable bonds is 6. The van der Waals surface area contributed by atoms with E-state index in [4.69, 9.17) is 4.74 Å². The molecule has 1 saturated heterocycles. The van der Waals surface area contributed by atoms with Crippen LogP contribution in [-0.4, -0.2) is 65.3 Å². The molecular weight excluding hydrogens is 390 g/mol. The highest BCUT2D eigenvalue weighted by atomic mass is 32.2. The van der Waals surface area contributed by atoms with E-state index < -0.39 is 10.0 Å². The van der Waals surface area contributed by atoms with Gasteiger partial charge in [0, 0.05) is 26.2 Å². The van der Waals surface area contributed by atoms with Crippen LogP contribution >= 0.6 is 0 Å². The molecule has 1 aliphatic rings. The van der Waals surface area contributed by atoms with Crippen molar-refractivity contribution in [3.63, 3.8) is 0 Å². The summed E-state index contributed by atoms with van der Waals surface area (Å²) < 4.78 is 31.2. The minimum Gasteiger partial charge on any atom is -0.495 e. The smallest absolute Gasteiger partial charge is 0.243 e. The number of methoxy groups -OCH3 is 1. The monoisotopic (exact) mass is 417 g/mol. The Hall–Kier alpha value is -2.74. The number of carbonyl (C=O) groups is 1. The molecule has 2 aromatic rings. The van der Waals surface area contributed by atoms with Crippen LogP contribution < -0.4 is 13.9 Å². The molecular formula is C21H27N3O4S. The van der Waals surface area contributed by atoms with Crippen LogP contribution in [0.25, 0.3) is 0 Å². The predicted molar refractivity (Wildman–Crippen MR) is 115 cm³/mol. The molecule has 1 fully saturated rings. The number of nitrogens with zero attached hydrogens (tertiary/aromatic N) is 3. The summed E-state index contributed by atoms with van der Waals surface area (Å²) in [4.78, 5) is 16.8. The topological polar surface area (TPSA) is 70.2 Å². The summed E-state index contributed by atoms with van der Waals surface area (Å²) in [5.41, 5.74) is 2.45. The average molecular weight is 418 g/mol. The molecule has 1 heterocycles. The van der Waals surface area contributed by atoms with E-state index in [2.05, 4.69) is 4.90 Å². The number of hydrogen-bond acceptors (Lipinski definition) is 5. The third kappa shape index (κ3) is 5.00. The summed E-state index contributed by atoms with van der Waals surface area (Å²) in [5.74, 6) is 0.603. The Morgan fingerprint density at radius 1 is 1.07 bits per heavy atom. The molecule has 0 radical (unpaired) electrons. The first-order valence-corrected chi connectivity index (χ1v) is 11.3. The van der Waals surface area contributed by atoms with Gasteiger partial charge in [-0.3, -0.25) is 9.10 Å². The first-order chi connectivity index (χ1) is 13.8. The maximum Gasteiger partial charge on any atom is 0.243 e. The zero-order valence-corrected chi connectivity index (χ0v) is 17.9. The van der Waals surface area contributed by atoms with Gasteiger partial charge in [-0.05, 0) is 36.8 Å². The predicted octanol–water partition coefficient (Wildman–Crippen LogP) is 2.12. The molecule has 0 spiro atoms. The molecule has 2 aromatic carbocycles. The lowest BCUT2D eigenvalue weighted by Crippen LogP contribution is -2.52. The Morgan fingerprint density at radius 2 is 1.76 bits per heavy atom. The maximum atomic E-state index is 12.9. The second kappa shape index (κ2) is 8.73. The second-order valence-corrected chi connectivity index (χ2v) is 9.06. The summed E-state index contributed by atoms with van der Waals surface area (Å²) in [6.45, 7) is 4.08. The van der Waals surface area contributed by atoms with Gasteiger partial charge < -0.3 is 14.5 Å². The maximum absolute atomic E-state index is 12.9. The lowest BCUT2D eigenvalue weighted by atomic mass is 10.2. The molecule has 8 heteroatoms. The molecule has 29 heavy (non-hydrogen) atoms. The van der Waals surface area contributed by atoms with Gasteiger partial charge in [-0.25, -0.2) is 8.42 Å². The number of aryl methyl sites for hydroxylation is 1. The summed E-state index contributed by atoms with van der Waals surface area (Å²) in [6.07, 6.45) is 1.13. The fourth-order valence-corrected chi connectivity index (χ4v) is 4.34. The Balaban J connectivity index is 1.68. The molecule has 0 saturated carbocycles.